The second kappa shape index (κ2) is 8.73. The first-order chi connectivity index (χ1) is 11.4. The number of carbonyl (C=O) groups excluding carboxylic acids is 1. The number of alkyl carbamates (subject to hydrolysis) is 1. The summed E-state index contributed by atoms with van der Waals surface area (Å²) in [5, 5.41) is 2.98. The molecule has 0 saturated heterocycles. The normalized spacial score (nSPS) is 12.5. The molecule has 0 saturated carbocycles. The summed E-state index contributed by atoms with van der Waals surface area (Å²) in [5.74, 6) is 0.762. The van der Waals surface area contributed by atoms with Gasteiger partial charge in [-0.1, -0.05) is 24.3 Å². The van der Waals surface area contributed by atoms with Crippen molar-refractivity contribution >= 4 is 17.9 Å². The SMILES string of the molecule is CC(C)(C)OC(=O)N[C@H](CSc1ccccc1)Cc1cccnc1. The molecule has 1 aromatic carbocycles. The van der Waals surface area contributed by atoms with Gasteiger partial charge in [0, 0.05) is 29.1 Å². The van der Waals surface area contributed by atoms with Crippen LogP contribution in [0.1, 0.15) is 26.3 Å². The zero-order chi connectivity index (χ0) is 17.4. The van der Waals surface area contributed by atoms with Crippen LogP contribution in [-0.2, 0) is 11.2 Å². The molecule has 128 valence electrons. The third-order valence-electron chi connectivity index (χ3n) is 3.12. The molecule has 0 aliphatic carbocycles. The Morgan fingerprint density at radius 1 is 1.21 bits per heavy atom. The minimum Gasteiger partial charge on any atom is -0.444 e. The van der Waals surface area contributed by atoms with Crippen molar-refractivity contribution in [2.45, 2.75) is 43.7 Å². The summed E-state index contributed by atoms with van der Waals surface area (Å²) >= 11 is 1.72. The molecule has 1 atom stereocenters. The summed E-state index contributed by atoms with van der Waals surface area (Å²) in [7, 11) is 0. The molecule has 4 nitrogen and oxygen atoms in total. The van der Waals surface area contributed by atoms with Crippen LogP contribution in [0.5, 0.6) is 0 Å². The Balaban J connectivity index is 1.99. The predicted molar refractivity (Wildman–Crippen MR) is 98.3 cm³/mol. The molecule has 2 aromatic rings. The highest BCUT2D eigenvalue weighted by Gasteiger charge is 2.20. The van der Waals surface area contributed by atoms with Gasteiger partial charge in [0.25, 0.3) is 0 Å². The summed E-state index contributed by atoms with van der Waals surface area (Å²) in [6.07, 6.45) is 3.91. The molecule has 24 heavy (non-hydrogen) atoms. The van der Waals surface area contributed by atoms with E-state index < -0.39 is 5.60 Å². The molecule has 0 fully saturated rings. The minimum atomic E-state index is -0.504. The van der Waals surface area contributed by atoms with Crippen molar-refractivity contribution in [1.82, 2.24) is 10.3 Å². The fourth-order valence-corrected chi connectivity index (χ4v) is 3.09. The Bertz CT molecular complexity index is 627. The Morgan fingerprint density at radius 3 is 2.58 bits per heavy atom. The molecule has 0 aliphatic rings. The molecular formula is C19H24N2O2S. The number of thioether (sulfide) groups is 1. The van der Waals surface area contributed by atoms with Crippen molar-refractivity contribution in [3.05, 3.63) is 60.4 Å². The van der Waals surface area contributed by atoms with Gasteiger partial charge in [0.05, 0.1) is 0 Å². The highest BCUT2D eigenvalue weighted by Crippen LogP contribution is 2.19. The number of benzene rings is 1. The molecular weight excluding hydrogens is 320 g/mol. The number of amides is 1. The number of ether oxygens (including phenoxy) is 1. The predicted octanol–water partition coefficient (Wildman–Crippen LogP) is 4.31. The smallest absolute Gasteiger partial charge is 0.407 e. The van der Waals surface area contributed by atoms with Gasteiger partial charge in [0.1, 0.15) is 5.60 Å². The van der Waals surface area contributed by atoms with Crippen LogP contribution >= 0.6 is 11.8 Å². The lowest BCUT2D eigenvalue weighted by molar-refractivity contribution is 0.0509. The topological polar surface area (TPSA) is 51.2 Å². The van der Waals surface area contributed by atoms with E-state index in [4.69, 9.17) is 4.74 Å². The molecule has 2 rings (SSSR count). The third kappa shape index (κ3) is 7.04. The van der Waals surface area contributed by atoms with Crippen LogP contribution < -0.4 is 5.32 Å². The second-order valence-electron chi connectivity index (χ2n) is 6.53. The van der Waals surface area contributed by atoms with E-state index in [0.717, 1.165) is 11.3 Å². The van der Waals surface area contributed by atoms with Crippen molar-refractivity contribution in [3.63, 3.8) is 0 Å². The van der Waals surface area contributed by atoms with Crippen molar-refractivity contribution in [2.75, 3.05) is 5.75 Å². The Labute approximate surface area is 148 Å². The van der Waals surface area contributed by atoms with E-state index >= 15 is 0 Å². The molecule has 0 unspecified atom stereocenters. The molecule has 0 bridgehead atoms. The number of aromatic nitrogens is 1. The highest BCUT2D eigenvalue weighted by atomic mass is 32.2. The van der Waals surface area contributed by atoms with E-state index in [9.17, 15) is 4.79 Å². The standard InChI is InChI=1S/C19H24N2O2S/c1-19(2,3)23-18(22)21-16(12-15-8-7-11-20-13-15)14-24-17-9-5-4-6-10-17/h4-11,13,16H,12,14H2,1-3H3,(H,21,22)/t16-/m0/s1. The van der Waals surface area contributed by atoms with Gasteiger partial charge in [-0.25, -0.2) is 4.79 Å². The van der Waals surface area contributed by atoms with Crippen LogP contribution in [0.3, 0.4) is 0 Å². The number of nitrogens with zero attached hydrogens (tertiary/aromatic N) is 1. The number of rotatable bonds is 6. The first-order valence-corrected chi connectivity index (χ1v) is 8.97. The fraction of sp³-hybridized carbons (Fsp3) is 0.368. The maximum atomic E-state index is 12.1. The highest BCUT2D eigenvalue weighted by molar-refractivity contribution is 7.99. The van der Waals surface area contributed by atoms with E-state index in [1.807, 2.05) is 57.3 Å². The van der Waals surface area contributed by atoms with Crippen molar-refractivity contribution in [1.29, 1.82) is 0 Å². The van der Waals surface area contributed by atoms with E-state index in [1.165, 1.54) is 4.90 Å². The quantitative estimate of drug-likeness (QED) is 0.793. The van der Waals surface area contributed by atoms with Crippen LogP contribution in [-0.4, -0.2) is 28.5 Å². The molecule has 0 spiro atoms. The van der Waals surface area contributed by atoms with E-state index in [2.05, 4.69) is 22.4 Å². The van der Waals surface area contributed by atoms with Crippen molar-refractivity contribution in [2.24, 2.45) is 0 Å². The number of pyridine rings is 1. The van der Waals surface area contributed by atoms with Crippen LogP contribution in [0.15, 0.2) is 59.8 Å². The van der Waals surface area contributed by atoms with Gasteiger partial charge >= 0.3 is 6.09 Å². The van der Waals surface area contributed by atoms with Gasteiger partial charge in [0.2, 0.25) is 0 Å². The number of carbonyl (C=O) groups is 1. The van der Waals surface area contributed by atoms with Crippen LogP contribution in [0.4, 0.5) is 4.79 Å². The van der Waals surface area contributed by atoms with E-state index in [1.54, 1.807) is 18.0 Å². The van der Waals surface area contributed by atoms with E-state index in [-0.39, 0.29) is 12.1 Å². The number of hydrogen-bond donors (Lipinski definition) is 1. The van der Waals surface area contributed by atoms with Crippen molar-refractivity contribution < 1.29 is 9.53 Å². The van der Waals surface area contributed by atoms with Gasteiger partial charge in [-0.15, -0.1) is 11.8 Å². The van der Waals surface area contributed by atoms with Gasteiger partial charge in [-0.3, -0.25) is 4.98 Å². The van der Waals surface area contributed by atoms with Gasteiger partial charge in [-0.05, 0) is 51.0 Å². The summed E-state index contributed by atoms with van der Waals surface area (Å²) in [5.41, 5.74) is 0.586. The first-order valence-electron chi connectivity index (χ1n) is 7.98. The van der Waals surface area contributed by atoms with Gasteiger partial charge in [0.15, 0.2) is 0 Å². The molecule has 0 radical (unpaired) electrons. The summed E-state index contributed by atoms with van der Waals surface area (Å²) in [6, 6.07) is 14.1. The Morgan fingerprint density at radius 2 is 1.96 bits per heavy atom. The van der Waals surface area contributed by atoms with E-state index in [0.29, 0.717) is 6.42 Å². The lowest BCUT2D eigenvalue weighted by Crippen LogP contribution is -2.41. The fourth-order valence-electron chi connectivity index (χ4n) is 2.14. The first kappa shape index (κ1) is 18.3. The summed E-state index contributed by atoms with van der Waals surface area (Å²) in [4.78, 5) is 17.4. The lowest BCUT2D eigenvalue weighted by Gasteiger charge is -2.23. The monoisotopic (exact) mass is 344 g/mol. The maximum Gasteiger partial charge on any atom is 0.407 e. The largest absolute Gasteiger partial charge is 0.444 e. The number of nitrogens with one attached hydrogen (secondary N) is 1. The third-order valence-corrected chi connectivity index (χ3v) is 4.29. The maximum absolute atomic E-state index is 12.1. The second-order valence-corrected chi connectivity index (χ2v) is 7.63. The zero-order valence-corrected chi connectivity index (χ0v) is 15.2. The Kier molecular flexibility index (Phi) is 6.67. The lowest BCUT2D eigenvalue weighted by atomic mass is 10.1. The van der Waals surface area contributed by atoms with Crippen LogP contribution in [0.2, 0.25) is 0 Å². The average Bonchev–Trinajstić information content (AvgIpc) is 2.53. The van der Waals surface area contributed by atoms with Crippen LogP contribution in [0.25, 0.3) is 0 Å². The average molecular weight is 344 g/mol. The van der Waals surface area contributed by atoms with Gasteiger partial charge < -0.3 is 10.1 Å². The zero-order valence-electron chi connectivity index (χ0n) is 14.4. The minimum absolute atomic E-state index is 0.0331. The molecule has 5 heteroatoms. The molecule has 0 aliphatic heterocycles. The van der Waals surface area contributed by atoms with Gasteiger partial charge in [-0.2, -0.15) is 0 Å². The van der Waals surface area contributed by atoms with Crippen LogP contribution in [0, 0.1) is 0 Å². The number of hydrogen-bond acceptors (Lipinski definition) is 4. The summed E-state index contributed by atoms with van der Waals surface area (Å²) in [6.45, 7) is 5.59. The van der Waals surface area contributed by atoms with Crippen molar-refractivity contribution in [3.8, 4) is 0 Å². The molecule has 1 aromatic heterocycles. The molecule has 1 heterocycles. The molecule has 1 amide bonds. The molecule has 1 N–H and O–H groups in total. The summed E-state index contributed by atoms with van der Waals surface area (Å²) < 4.78 is 5.38. The Hall–Kier alpha value is -2.01.